The molecule has 0 saturated carbocycles. The van der Waals surface area contributed by atoms with Crippen LogP contribution in [-0.2, 0) is 11.2 Å². The second-order valence-corrected chi connectivity index (χ2v) is 5.47. The molecule has 0 aliphatic carbocycles. The summed E-state index contributed by atoms with van der Waals surface area (Å²) in [5.41, 5.74) is 6.63. The van der Waals surface area contributed by atoms with Crippen molar-refractivity contribution in [3.8, 4) is 11.4 Å². The lowest BCUT2D eigenvalue weighted by Gasteiger charge is -2.12. The molecular formula is C15H21ClIN5O2. The van der Waals surface area contributed by atoms with Gasteiger partial charge in [-0.3, -0.25) is 4.99 Å². The zero-order chi connectivity index (χ0) is 16.7. The van der Waals surface area contributed by atoms with Crippen LogP contribution in [0.4, 0.5) is 0 Å². The summed E-state index contributed by atoms with van der Waals surface area (Å²) < 4.78 is 10.2. The van der Waals surface area contributed by atoms with E-state index in [4.69, 9.17) is 26.6 Å². The number of aliphatic imine (C=N–C) groups is 1. The molecule has 1 unspecified atom stereocenters. The fourth-order valence-corrected chi connectivity index (χ4v) is 2.06. The summed E-state index contributed by atoms with van der Waals surface area (Å²) in [6, 6.07) is 7.35. The van der Waals surface area contributed by atoms with E-state index in [9.17, 15) is 0 Å². The monoisotopic (exact) mass is 465 g/mol. The molecule has 2 rings (SSSR count). The summed E-state index contributed by atoms with van der Waals surface area (Å²) in [5, 5.41) is 7.64. The first-order valence-electron chi connectivity index (χ1n) is 7.22. The molecule has 2 aromatic rings. The second-order valence-electron chi connectivity index (χ2n) is 5.04. The number of nitrogens with zero attached hydrogens (tertiary/aromatic N) is 3. The molecule has 0 amide bonds. The molecule has 132 valence electrons. The number of guanidine groups is 1. The topological polar surface area (TPSA) is 98.6 Å². The van der Waals surface area contributed by atoms with Crippen molar-refractivity contribution in [1.82, 2.24) is 15.5 Å². The first-order chi connectivity index (χ1) is 11.1. The Labute approximate surface area is 163 Å². The Kier molecular flexibility index (Phi) is 9.01. The molecule has 9 heteroatoms. The Hall–Kier alpha value is -1.39. The molecule has 0 aliphatic rings. The van der Waals surface area contributed by atoms with Crippen molar-refractivity contribution in [1.29, 1.82) is 0 Å². The number of aromatic nitrogens is 2. The maximum Gasteiger partial charge on any atom is 0.228 e. The number of ether oxygens (including phenoxy) is 1. The predicted octanol–water partition coefficient (Wildman–Crippen LogP) is 2.49. The maximum absolute atomic E-state index is 5.85. The van der Waals surface area contributed by atoms with Gasteiger partial charge in [-0.1, -0.05) is 16.8 Å². The highest BCUT2D eigenvalue weighted by atomic mass is 127. The van der Waals surface area contributed by atoms with Crippen molar-refractivity contribution in [2.75, 3.05) is 20.3 Å². The van der Waals surface area contributed by atoms with Gasteiger partial charge in [0.1, 0.15) is 0 Å². The number of hydrogen-bond acceptors (Lipinski definition) is 5. The zero-order valence-corrected chi connectivity index (χ0v) is 16.6. The Bertz CT molecular complexity index is 648. The Balaban J connectivity index is 0.00000288. The van der Waals surface area contributed by atoms with Crippen molar-refractivity contribution in [3.63, 3.8) is 0 Å². The summed E-state index contributed by atoms with van der Waals surface area (Å²) in [6.07, 6.45) is 0.516. The number of hydrogen-bond donors (Lipinski definition) is 2. The maximum atomic E-state index is 5.85. The van der Waals surface area contributed by atoms with Crippen LogP contribution < -0.4 is 11.1 Å². The molecule has 24 heavy (non-hydrogen) atoms. The number of methoxy groups -OCH3 is 1. The lowest BCUT2D eigenvalue weighted by atomic mass is 10.2. The van der Waals surface area contributed by atoms with Gasteiger partial charge in [-0.05, 0) is 31.2 Å². The molecule has 1 heterocycles. The summed E-state index contributed by atoms with van der Waals surface area (Å²) in [6.45, 7) is 2.98. The van der Waals surface area contributed by atoms with Gasteiger partial charge in [-0.15, -0.1) is 24.0 Å². The van der Waals surface area contributed by atoms with E-state index in [1.54, 1.807) is 19.2 Å². The van der Waals surface area contributed by atoms with Gasteiger partial charge >= 0.3 is 0 Å². The molecule has 1 atom stereocenters. The summed E-state index contributed by atoms with van der Waals surface area (Å²) in [4.78, 5) is 8.54. The average molecular weight is 466 g/mol. The van der Waals surface area contributed by atoms with Gasteiger partial charge in [0.15, 0.2) is 5.96 Å². The van der Waals surface area contributed by atoms with Crippen LogP contribution in [-0.4, -0.2) is 42.4 Å². The molecule has 0 fully saturated rings. The Morgan fingerprint density at radius 1 is 1.42 bits per heavy atom. The van der Waals surface area contributed by atoms with Crippen molar-refractivity contribution >= 4 is 41.5 Å². The molecule has 0 aliphatic heterocycles. The second kappa shape index (κ2) is 10.5. The van der Waals surface area contributed by atoms with Crippen LogP contribution in [0.25, 0.3) is 11.4 Å². The molecule has 7 nitrogen and oxygen atoms in total. The zero-order valence-electron chi connectivity index (χ0n) is 13.5. The van der Waals surface area contributed by atoms with Gasteiger partial charge in [0, 0.05) is 30.2 Å². The van der Waals surface area contributed by atoms with Gasteiger partial charge in [-0.25, -0.2) is 0 Å². The first-order valence-corrected chi connectivity index (χ1v) is 7.60. The van der Waals surface area contributed by atoms with E-state index in [0.29, 0.717) is 42.3 Å². The van der Waals surface area contributed by atoms with Gasteiger partial charge < -0.3 is 20.3 Å². The fourth-order valence-electron chi connectivity index (χ4n) is 1.93. The van der Waals surface area contributed by atoms with E-state index < -0.39 is 0 Å². The van der Waals surface area contributed by atoms with E-state index in [2.05, 4.69) is 20.4 Å². The third-order valence-electron chi connectivity index (χ3n) is 2.99. The largest absolute Gasteiger partial charge is 0.383 e. The smallest absolute Gasteiger partial charge is 0.228 e. The number of nitrogens with one attached hydrogen (secondary N) is 1. The number of nitrogens with two attached hydrogens (primary N) is 1. The minimum Gasteiger partial charge on any atom is -0.383 e. The summed E-state index contributed by atoms with van der Waals surface area (Å²) in [5.74, 6) is 1.41. The van der Waals surface area contributed by atoms with Crippen molar-refractivity contribution in [2.24, 2.45) is 10.7 Å². The fraction of sp³-hybridized carbons (Fsp3) is 0.400. The average Bonchev–Trinajstić information content (AvgIpc) is 2.97. The predicted molar refractivity (Wildman–Crippen MR) is 105 cm³/mol. The standard InChI is InChI=1S/C15H20ClN5O2.HI/c1-10(9-22-2)19-15(17)18-8-7-13-20-14(21-23-13)11-3-5-12(16)6-4-11;/h3-6,10H,7-9H2,1-2H3,(H3,17,18,19);1H. The van der Waals surface area contributed by atoms with E-state index in [1.165, 1.54) is 0 Å². The molecule has 0 spiro atoms. The minimum absolute atomic E-state index is 0. The van der Waals surface area contributed by atoms with E-state index in [1.807, 2.05) is 19.1 Å². The number of halogens is 2. The van der Waals surface area contributed by atoms with E-state index in [-0.39, 0.29) is 30.0 Å². The van der Waals surface area contributed by atoms with E-state index in [0.717, 1.165) is 5.56 Å². The molecule has 0 saturated heterocycles. The van der Waals surface area contributed by atoms with Crippen LogP contribution in [0, 0.1) is 0 Å². The third kappa shape index (κ3) is 6.62. The Morgan fingerprint density at radius 2 is 2.12 bits per heavy atom. The van der Waals surface area contributed by atoms with E-state index >= 15 is 0 Å². The lowest BCUT2D eigenvalue weighted by molar-refractivity contribution is 0.179. The highest BCUT2D eigenvalue weighted by molar-refractivity contribution is 14.0. The van der Waals surface area contributed by atoms with Crippen LogP contribution in [0.2, 0.25) is 5.02 Å². The number of rotatable bonds is 7. The lowest BCUT2D eigenvalue weighted by Crippen LogP contribution is -2.40. The quantitative estimate of drug-likeness (QED) is 0.370. The highest BCUT2D eigenvalue weighted by Gasteiger charge is 2.08. The van der Waals surface area contributed by atoms with Crippen molar-refractivity contribution in [3.05, 3.63) is 35.2 Å². The molecule has 0 bridgehead atoms. The summed E-state index contributed by atoms with van der Waals surface area (Å²) in [7, 11) is 1.64. The third-order valence-corrected chi connectivity index (χ3v) is 3.24. The van der Waals surface area contributed by atoms with Gasteiger partial charge in [0.2, 0.25) is 11.7 Å². The van der Waals surface area contributed by atoms with Gasteiger partial charge in [0.25, 0.3) is 0 Å². The molecule has 3 N–H and O–H groups in total. The van der Waals surface area contributed by atoms with Crippen LogP contribution in [0.15, 0.2) is 33.8 Å². The first kappa shape index (κ1) is 20.7. The number of benzene rings is 1. The van der Waals surface area contributed by atoms with Crippen molar-refractivity contribution in [2.45, 2.75) is 19.4 Å². The van der Waals surface area contributed by atoms with Crippen LogP contribution in [0.1, 0.15) is 12.8 Å². The summed E-state index contributed by atoms with van der Waals surface area (Å²) >= 11 is 5.85. The van der Waals surface area contributed by atoms with Crippen LogP contribution >= 0.6 is 35.6 Å². The van der Waals surface area contributed by atoms with Crippen LogP contribution in [0.5, 0.6) is 0 Å². The SMILES string of the molecule is COCC(C)NC(N)=NCCc1nc(-c2ccc(Cl)cc2)no1.I. The molecule has 0 radical (unpaired) electrons. The highest BCUT2D eigenvalue weighted by Crippen LogP contribution is 2.18. The molecule has 1 aromatic carbocycles. The van der Waals surface area contributed by atoms with Crippen molar-refractivity contribution < 1.29 is 9.26 Å². The minimum atomic E-state index is 0. The molecule has 1 aromatic heterocycles. The van der Waals surface area contributed by atoms with Crippen LogP contribution in [0.3, 0.4) is 0 Å². The van der Waals surface area contributed by atoms with Gasteiger partial charge in [0.05, 0.1) is 13.2 Å². The van der Waals surface area contributed by atoms with Gasteiger partial charge in [-0.2, -0.15) is 4.98 Å². The Morgan fingerprint density at radius 3 is 2.79 bits per heavy atom. The normalized spacial score (nSPS) is 12.5. The molecular weight excluding hydrogens is 445 g/mol.